The number of ether oxygens (including phenoxy) is 1. The molecule has 0 aliphatic rings. The van der Waals surface area contributed by atoms with Crippen LogP contribution in [0.4, 0.5) is 4.39 Å². The van der Waals surface area contributed by atoms with Crippen molar-refractivity contribution in [3.8, 4) is 17.6 Å². The molecule has 0 aromatic heterocycles. The fourth-order valence-corrected chi connectivity index (χ4v) is 1.98. The number of nitriles is 1. The number of halogens is 2. The van der Waals surface area contributed by atoms with Crippen molar-refractivity contribution in [1.29, 1.82) is 5.26 Å². The minimum Gasteiger partial charge on any atom is -0.478 e. The zero-order valence-electron chi connectivity index (χ0n) is 9.93. The molecule has 0 aliphatic carbocycles. The van der Waals surface area contributed by atoms with E-state index in [-0.39, 0.29) is 22.6 Å². The van der Waals surface area contributed by atoms with Crippen LogP contribution in [0.5, 0.6) is 11.5 Å². The molecule has 0 saturated carbocycles. The fourth-order valence-electron chi connectivity index (χ4n) is 1.53. The van der Waals surface area contributed by atoms with Crippen molar-refractivity contribution in [2.24, 2.45) is 0 Å². The van der Waals surface area contributed by atoms with Crippen molar-refractivity contribution in [3.05, 3.63) is 56.9 Å². The van der Waals surface area contributed by atoms with Gasteiger partial charge in [0.15, 0.2) is 0 Å². The first-order valence-electron chi connectivity index (χ1n) is 5.42. The Labute approximate surface area is 127 Å². The third-order valence-corrected chi connectivity index (χ3v) is 3.38. The lowest BCUT2D eigenvalue weighted by Gasteiger charge is -2.10. The molecule has 4 nitrogen and oxygen atoms in total. The third kappa shape index (κ3) is 2.88. The summed E-state index contributed by atoms with van der Waals surface area (Å²) in [6, 6.07) is 10.1. The molecule has 0 heterocycles. The van der Waals surface area contributed by atoms with Gasteiger partial charge in [0.1, 0.15) is 28.9 Å². The highest BCUT2D eigenvalue weighted by atomic mass is 127. The second kappa shape index (κ2) is 5.88. The maximum Gasteiger partial charge on any atom is 0.335 e. The number of aromatic carboxylic acids is 1. The van der Waals surface area contributed by atoms with Crippen LogP contribution < -0.4 is 4.74 Å². The molecule has 0 atom stereocenters. The molecule has 100 valence electrons. The topological polar surface area (TPSA) is 70.3 Å². The van der Waals surface area contributed by atoms with E-state index in [9.17, 15) is 9.18 Å². The van der Waals surface area contributed by atoms with Crippen molar-refractivity contribution in [2.75, 3.05) is 0 Å². The summed E-state index contributed by atoms with van der Waals surface area (Å²) in [6.07, 6.45) is 0. The summed E-state index contributed by atoms with van der Waals surface area (Å²) in [6.45, 7) is 0. The molecule has 0 spiro atoms. The summed E-state index contributed by atoms with van der Waals surface area (Å²) in [5.41, 5.74) is -0.167. The Kier molecular flexibility index (Phi) is 4.20. The predicted octanol–water partition coefficient (Wildman–Crippen LogP) is 3.79. The zero-order valence-corrected chi connectivity index (χ0v) is 12.1. The number of benzene rings is 2. The minimum atomic E-state index is -1.09. The second-order valence-corrected chi connectivity index (χ2v) is 4.94. The molecule has 20 heavy (non-hydrogen) atoms. The standard InChI is InChI=1S/C14H7FINO3/c15-10-2-1-3-12(9(10)7-17)20-13-6-8(14(18)19)4-5-11(13)16/h1-6H,(H,18,19). The molecule has 1 N–H and O–H groups in total. The van der Waals surface area contributed by atoms with Gasteiger partial charge in [0.25, 0.3) is 0 Å². The van der Waals surface area contributed by atoms with E-state index in [1.54, 1.807) is 12.1 Å². The molecule has 2 rings (SSSR count). The largest absolute Gasteiger partial charge is 0.478 e. The first-order chi connectivity index (χ1) is 9.52. The predicted molar refractivity (Wildman–Crippen MR) is 77.3 cm³/mol. The Hall–Kier alpha value is -2.14. The number of carboxylic acids is 1. The highest BCUT2D eigenvalue weighted by Crippen LogP contribution is 2.30. The summed E-state index contributed by atoms with van der Waals surface area (Å²) < 4.78 is 19.6. The zero-order chi connectivity index (χ0) is 14.7. The summed E-state index contributed by atoms with van der Waals surface area (Å²) >= 11 is 1.97. The van der Waals surface area contributed by atoms with Crippen molar-refractivity contribution in [1.82, 2.24) is 0 Å². The molecular formula is C14H7FINO3. The number of hydrogen-bond donors (Lipinski definition) is 1. The quantitative estimate of drug-likeness (QED) is 0.819. The van der Waals surface area contributed by atoms with Crippen LogP contribution in [0.3, 0.4) is 0 Å². The van der Waals surface area contributed by atoms with Gasteiger partial charge in [0, 0.05) is 0 Å². The lowest BCUT2D eigenvalue weighted by Crippen LogP contribution is -1.98. The van der Waals surface area contributed by atoms with Gasteiger partial charge in [-0.15, -0.1) is 0 Å². The first kappa shape index (κ1) is 14.3. The van der Waals surface area contributed by atoms with Crippen molar-refractivity contribution < 1.29 is 19.0 Å². The van der Waals surface area contributed by atoms with Crippen LogP contribution in [-0.2, 0) is 0 Å². The van der Waals surface area contributed by atoms with Gasteiger partial charge in [-0.25, -0.2) is 9.18 Å². The van der Waals surface area contributed by atoms with Crippen LogP contribution in [0.25, 0.3) is 0 Å². The van der Waals surface area contributed by atoms with Crippen LogP contribution in [0, 0.1) is 20.7 Å². The van der Waals surface area contributed by atoms with Gasteiger partial charge in [-0.05, 0) is 52.9 Å². The van der Waals surface area contributed by atoms with E-state index in [1.807, 2.05) is 22.6 Å². The van der Waals surface area contributed by atoms with Crippen LogP contribution in [0.15, 0.2) is 36.4 Å². The Morgan fingerprint density at radius 1 is 1.30 bits per heavy atom. The van der Waals surface area contributed by atoms with E-state index in [2.05, 4.69) is 0 Å². The Morgan fingerprint density at radius 2 is 2.05 bits per heavy atom. The number of nitrogens with zero attached hydrogens (tertiary/aromatic N) is 1. The Balaban J connectivity index is 2.45. The van der Waals surface area contributed by atoms with Gasteiger partial charge < -0.3 is 9.84 Å². The summed E-state index contributed by atoms with van der Waals surface area (Å²) in [4.78, 5) is 10.9. The van der Waals surface area contributed by atoms with E-state index in [0.717, 1.165) is 6.07 Å². The molecule has 0 fully saturated rings. The Bertz CT molecular complexity index is 725. The molecule has 6 heteroatoms. The van der Waals surface area contributed by atoms with Gasteiger partial charge in [0.2, 0.25) is 0 Å². The van der Waals surface area contributed by atoms with Crippen LogP contribution in [0.1, 0.15) is 15.9 Å². The second-order valence-electron chi connectivity index (χ2n) is 3.78. The van der Waals surface area contributed by atoms with Gasteiger partial charge >= 0.3 is 5.97 Å². The van der Waals surface area contributed by atoms with E-state index < -0.39 is 11.8 Å². The number of carboxylic acid groups (broad SMARTS) is 1. The highest BCUT2D eigenvalue weighted by molar-refractivity contribution is 14.1. The normalized spacial score (nSPS) is 9.85. The van der Waals surface area contributed by atoms with Crippen LogP contribution >= 0.6 is 22.6 Å². The van der Waals surface area contributed by atoms with E-state index in [0.29, 0.717) is 3.57 Å². The van der Waals surface area contributed by atoms with Crippen molar-refractivity contribution >= 4 is 28.6 Å². The van der Waals surface area contributed by atoms with E-state index in [4.69, 9.17) is 15.1 Å². The van der Waals surface area contributed by atoms with E-state index >= 15 is 0 Å². The molecule has 0 amide bonds. The van der Waals surface area contributed by atoms with Gasteiger partial charge in [-0.2, -0.15) is 5.26 Å². The third-order valence-electron chi connectivity index (χ3n) is 2.49. The maximum atomic E-state index is 13.5. The summed E-state index contributed by atoms with van der Waals surface area (Å²) in [5.74, 6) is -1.47. The summed E-state index contributed by atoms with van der Waals surface area (Å²) in [7, 11) is 0. The lowest BCUT2D eigenvalue weighted by atomic mass is 10.2. The van der Waals surface area contributed by atoms with Gasteiger partial charge in [-0.3, -0.25) is 0 Å². The molecule has 0 radical (unpaired) electrons. The monoisotopic (exact) mass is 383 g/mol. The molecule has 0 bridgehead atoms. The smallest absolute Gasteiger partial charge is 0.335 e. The molecule has 0 unspecified atom stereocenters. The average Bonchev–Trinajstić information content (AvgIpc) is 2.41. The fraction of sp³-hybridized carbons (Fsp3) is 0. The van der Waals surface area contributed by atoms with Crippen LogP contribution in [0.2, 0.25) is 0 Å². The Morgan fingerprint density at radius 3 is 2.70 bits per heavy atom. The first-order valence-corrected chi connectivity index (χ1v) is 6.50. The van der Waals surface area contributed by atoms with Gasteiger partial charge in [-0.1, -0.05) is 6.07 Å². The minimum absolute atomic E-state index is 0.0490. The average molecular weight is 383 g/mol. The van der Waals surface area contributed by atoms with Crippen LogP contribution in [-0.4, -0.2) is 11.1 Å². The molecule has 2 aromatic carbocycles. The highest BCUT2D eigenvalue weighted by Gasteiger charge is 2.13. The molecule has 0 saturated heterocycles. The summed E-state index contributed by atoms with van der Waals surface area (Å²) in [5, 5.41) is 17.9. The maximum absolute atomic E-state index is 13.5. The molecular weight excluding hydrogens is 376 g/mol. The van der Waals surface area contributed by atoms with E-state index in [1.165, 1.54) is 24.3 Å². The van der Waals surface area contributed by atoms with Crippen molar-refractivity contribution in [2.45, 2.75) is 0 Å². The molecule has 0 aliphatic heterocycles. The lowest BCUT2D eigenvalue weighted by molar-refractivity contribution is 0.0696. The molecule has 2 aromatic rings. The number of rotatable bonds is 3. The number of hydrogen-bond acceptors (Lipinski definition) is 3. The van der Waals surface area contributed by atoms with Crippen molar-refractivity contribution in [3.63, 3.8) is 0 Å². The number of carbonyl (C=O) groups is 1. The SMILES string of the molecule is N#Cc1c(F)cccc1Oc1cc(C(=O)O)ccc1I. The van der Waals surface area contributed by atoms with Gasteiger partial charge in [0.05, 0.1) is 9.13 Å².